The molecule has 1 unspecified atom stereocenters. The van der Waals surface area contributed by atoms with Gasteiger partial charge in [0.05, 0.1) is 12.6 Å². The van der Waals surface area contributed by atoms with Gasteiger partial charge in [0.1, 0.15) is 0 Å². The summed E-state index contributed by atoms with van der Waals surface area (Å²) in [6.45, 7) is 11.5. The molecule has 1 fully saturated rings. The molecule has 1 radical (unpaired) electrons. The lowest BCUT2D eigenvalue weighted by Gasteiger charge is -2.35. The molecule has 1 atom stereocenters. The van der Waals surface area contributed by atoms with Crippen LogP contribution < -0.4 is 4.90 Å². The van der Waals surface area contributed by atoms with Gasteiger partial charge in [-0.2, -0.15) is 5.10 Å². The zero-order valence-corrected chi connectivity index (χ0v) is 21.8. The van der Waals surface area contributed by atoms with Gasteiger partial charge in [-0.15, -0.1) is 0 Å². The Morgan fingerprint density at radius 2 is 1.92 bits per heavy atom. The number of hydrogen-bond donors (Lipinski definition) is 0. The number of rotatable bonds is 4. The van der Waals surface area contributed by atoms with Crippen LogP contribution in [0.3, 0.4) is 0 Å². The average Bonchev–Trinajstić information content (AvgIpc) is 3.22. The molecular formula is C27H36BF2N4O2. The topological polar surface area (TPSA) is 50.6 Å². The summed E-state index contributed by atoms with van der Waals surface area (Å²) >= 11 is 0. The smallest absolute Gasteiger partial charge is 0.263 e. The fourth-order valence-electron chi connectivity index (χ4n) is 5.69. The second-order valence-electron chi connectivity index (χ2n) is 11.5. The van der Waals surface area contributed by atoms with Crippen molar-refractivity contribution in [2.24, 2.45) is 0 Å². The van der Waals surface area contributed by atoms with Crippen molar-refractivity contribution < 1.29 is 18.3 Å². The van der Waals surface area contributed by atoms with Gasteiger partial charge in [0.25, 0.3) is 6.43 Å². The summed E-state index contributed by atoms with van der Waals surface area (Å²) in [5.41, 5.74) is 4.14. The lowest BCUT2D eigenvalue weighted by molar-refractivity contribution is 0.0652. The normalized spacial score (nSPS) is 20.9. The number of alkyl halides is 2. The van der Waals surface area contributed by atoms with Crippen LogP contribution >= 0.6 is 0 Å². The third-order valence-electron chi connectivity index (χ3n) is 7.64. The summed E-state index contributed by atoms with van der Waals surface area (Å²) in [5, 5.41) is 4.95. The first-order valence-electron chi connectivity index (χ1n) is 13.1. The van der Waals surface area contributed by atoms with Crippen molar-refractivity contribution in [3.8, 4) is 0 Å². The fraction of sp³-hybridized carbons (Fsp3) is 0.630. The van der Waals surface area contributed by atoms with E-state index in [2.05, 4.69) is 16.5 Å². The Morgan fingerprint density at radius 1 is 1.17 bits per heavy atom. The molecule has 3 aliphatic heterocycles. The third kappa shape index (κ3) is 4.91. The Morgan fingerprint density at radius 3 is 2.61 bits per heavy atom. The molecule has 1 aromatic carbocycles. The molecule has 193 valence electrons. The van der Waals surface area contributed by atoms with Gasteiger partial charge in [0, 0.05) is 55.2 Å². The van der Waals surface area contributed by atoms with Gasteiger partial charge in [-0.3, -0.25) is 9.48 Å². The summed E-state index contributed by atoms with van der Waals surface area (Å²) in [4.78, 5) is 17.1. The van der Waals surface area contributed by atoms with Gasteiger partial charge < -0.3 is 14.5 Å². The number of hydrogen-bond acceptors (Lipinski definition) is 4. The number of nitrogens with zero attached hydrogens (tertiary/aromatic N) is 4. The zero-order valence-electron chi connectivity index (χ0n) is 21.8. The molecule has 9 heteroatoms. The first-order valence-corrected chi connectivity index (χ1v) is 13.1. The number of halogens is 2. The van der Waals surface area contributed by atoms with Gasteiger partial charge in [-0.05, 0) is 36.8 Å². The van der Waals surface area contributed by atoms with Crippen molar-refractivity contribution in [2.45, 2.75) is 83.6 Å². The molecule has 1 amide bonds. The van der Waals surface area contributed by atoms with Crippen molar-refractivity contribution >= 4 is 24.6 Å². The van der Waals surface area contributed by atoms with Crippen molar-refractivity contribution in [1.82, 2.24) is 14.7 Å². The van der Waals surface area contributed by atoms with E-state index in [4.69, 9.17) is 9.84 Å². The lowest BCUT2D eigenvalue weighted by Crippen LogP contribution is -2.41. The maximum Gasteiger partial charge on any atom is 0.263 e. The molecule has 1 saturated heterocycles. The number of carbonyl (C=O) groups excluding carboxylic acids is 1. The maximum absolute atomic E-state index is 13.7. The summed E-state index contributed by atoms with van der Waals surface area (Å²) in [7, 11) is 1.79. The van der Waals surface area contributed by atoms with E-state index in [-0.39, 0.29) is 28.6 Å². The average molecular weight is 497 g/mol. The highest BCUT2D eigenvalue weighted by Crippen LogP contribution is 2.44. The Bertz CT molecular complexity index is 1120. The molecule has 4 heterocycles. The lowest BCUT2D eigenvalue weighted by atomic mass is 9.54. The number of ether oxygens (including phenoxy) is 1. The number of anilines is 2. The van der Waals surface area contributed by atoms with Crippen LogP contribution in [0, 0.1) is 0 Å². The number of carbonyl (C=O) groups is 1. The molecule has 0 bridgehead atoms. The Kier molecular flexibility index (Phi) is 6.87. The largest absolute Gasteiger partial charge is 0.381 e. The van der Waals surface area contributed by atoms with Crippen LogP contribution in [0.25, 0.3) is 0 Å². The van der Waals surface area contributed by atoms with Gasteiger partial charge in [-0.1, -0.05) is 45.1 Å². The second-order valence-corrected chi connectivity index (χ2v) is 11.5. The summed E-state index contributed by atoms with van der Waals surface area (Å²) in [6, 6.07) is 5.28. The third-order valence-corrected chi connectivity index (χ3v) is 7.64. The van der Waals surface area contributed by atoms with Gasteiger partial charge >= 0.3 is 0 Å². The van der Waals surface area contributed by atoms with E-state index >= 15 is 0 Å². The monoisotopic (exact) mass is 497 g/mol. The van der Waals surface area contributed by atoms with Crippen molar-refractivity contribution in [3.63, 3.8) is 0 Å². The number of benzene rings is 1. The van der Waals surface area contributed by atoms with Crippen molar-refractivity contribution in [1.29, 1.82) is 0 Å². The van der Waals surface area contributed by atoms with Crippen molar-refractivity contribution in [2.75, 3.05) is 31.2 Å². The quantitative estimate of drug-likeness (QED) is 0.471. The van der Waals surface area contributed by atoms with Gasteiger partial charge in [0.2, 0.25) is 7.28 Å². The standard InChI is InChI=1S/C27H36BF2N4O2/c1-17-7-12-33(23-15-18(24(29)30)5-6-20(17)23)25-21-16-32(26(35)28-27(2,3)4)11-8-22(21)34(31-25)19-9-13-36-14-10-19/h5-6,15,17,19,24H,7-14,16H2,1-4H3. The highest BCUT2D eigenvalue weighted by Gasteiger charge is 2.35. The van der Waals surface area contributed by atoms with E-state index in [0.29, 0.717) is 32.8 Å². The first-order chi connectivity index (χ1) is 17.1. The van der Waals surface area contributed by atoms with Crippen LogP contribution in [0.5, 0.6) is 0 Å². The summed E-state index contributed by atoms with van der Waals surface area (Å²) < 4.78 is 35.1. The molecule has 0 N–H and O–H groups in total. The Labute approximate surface area is 213 Å². The second kappa shape index (κ2) is 9.80. The fourth-order valence-corrected chi connectivity index (χ4v) is 5.69. The highest BCUT2D eigenvalue weighted by atomic mass is 19.3. The minimum absolute atomic E-state index is 0.0298. The maximum atomic E-state index is 13.7. The van der Waals surface area contributed by atoms with Crippen LogP contribution in [0.4, 0.5) is 25.1 Å². The molecule has 2 aromatic rings. The minimum Gasteiger partial charge on any atom is -0.381 e. The predicted octanol–water partition coefficient (Wildman–Crippen LogP) is 6.22. The Balaban J connectivity index is 1.57. The van der Waals surface area contributed by atoms with Crippen LogP contribution in [-0.2, 0) is 17.7 Å². The predicted molar refractivity (Wildman–Crippen MR) is 138 cm³/mol. The van der Waals surface area contributed by atoms with Crippen LogP contribution in [0.1, 0.15) is 87.7 Å². The SMILES string of the molecule is CC1CCN(c2nn(C3CCOCC3)c3c2CN(C(=O)[B]C(C)(C)C)CC3)c2cc(C(F)F)ccc21. The number of aromatic nitrogens is 2. The van der Waals surface area contributed by atoms with Gasteiger partial charge in [0.15, 0.2) is 11.6 Å². The summed E-state index contributed by atoms with van der Waals surface area (Å²) in [5.74, 6) is 1.13. The van der Waals surface area contributed by atoms with E-state index in [0.717, 1.165) is 48.3 Å². The van der Waals surface area contributed by atoms with Crippen molar-refractivity contribution in [3.05, 3.63) is 40.6 Å². The van der Waals surface area contributed by atoms with E-state index in [1.807, 2.05) is 31.7 Å². The van der Waals surface area contributed by atoms with E-state index < -0.39 is 6.43 Å². The number of amides is 1. The van der Waals surface area contributed by atoms with E-state index in [9.17, 15) is 13.6 Å². The zero-order chi connectivity index (χ0) is 25.6. The summed E-state index contributed by atoms with van der Waals surface area (Å²) in [6.07, 6.45) is 0.927. The van der Waals surface area contributed by atoms with E-state index in [1.54, 1.807) is 19.4 Å². The molecule has 3 aliphatic rings. The minimum atomic E-state index is -2.52. The Hall–Kier alpha value is -2.42. The highest BCUT2D eigenvalue weighted by molar-refractivity contribution is 6.75. The van der Waals surface area contributed by atoms with Crippen LogP contribution in [-0.4, -0.2) is 54.1 Å². The molecule has 0 saturated carbocycles. The van der Waals surface area contributed by atoms with E-state index in [1.165, 1.54) is 5.69 Å². The first kappa shape index (κ1) is 25.2. The number of fused-ring (bicyclic) bond motifs is 2. The van der Waals surface area contributed by atoms with Crippen LogP contribution in [0.2, 0.25) is 5.31 Å². The molecule has 0 aliphatic carbocycles. The molecule has 36 heavy (non-hydrogen) atoms. The molecular weight excluding hydrogens is 461 g/mol. The van der Waals surface area contributed by atoms with Gasteiger partial charge in [-0.25, -0.2) is 8.78 Å². The van der Waals surface area contributed by atoms with Crippen LogP contribution in [0.15, 0.2) is 18.2 Å². The molecule has 0 spiro atoms. The molecule has 5 rings (SSSR count). The molecule has 1 aromatic heterocycles. The molecule has 6 nitrogen and oxygen atoms in total.